The number of esters is 1. The van der Waals surface area contributed by atoms with E-state index in [9.17, 15) is 14.0 Å². The number of furan rings is 1. The highest BCUT2D eigenvalue weighted by atomic mass is 19.1. The Labute approximate surface area is 162 Å². The van der Waals surface area contributed by atoms with E-state index in [1.165, 1.54) is 29.2 Å². The van der Waals surface area contributed by atoms with Crippen molar-refractivity contribution in [1.82, 2.24) is 0 Å². The van der Waals surface area contributed by atoms with Crippen LogP contribution in [0, 0.1) is 19.7 Å². The average molecular weight is 383 g/mol. The number of nitrogens with zero attached hydrogens (tertiary/aromatic N) is 1. The summed E-state index contributed by atoms with van der Waals surface area (Å²) in [6.45, 7) is 5.80. The molecule has 28 heavy (non-hydrogen) atoms. The van der Waals surface area contributed by atoms with Crippen molar-refractivity contribution in [1.29, 1.82) is 0 Å². The zero-order valence-corrected chi connectivity index (χ0v) is 16.1. The summed E-state index contributed by atoms with van der Waals surface area (Å²) in [7, 11) is 0. The molecule has 0 aliphatic rings. The van der Waals surface area contributed by atoms with Crippen molar-refractivity contribution in [3.8, 4) is 0 Å². The number of amides is 1. The Kier molecular flexibility index (Phi) is 5.78. The number of hydrogen-bond acceptors (Lipinski definition) is 4. The highest BCUT2D eigenvalue weighted by Gasteiger charge is 2.18. The first-order valence-electron chi connectivity index (χ1n) is 9.08. The van der Waals surface area contributed by atoms with Gasteiger partial charge in [0.05, 0.1) is 12.7 Å². The number of fused-ring (bicyclic) bond motifs is 1. The Morgan fingerprint density at radius 1 is 1.11 bits per heavy atom. The second kappa shape index (κ2) is 8.25. The number of benzene rings is 2. The third-order valence-corrected chi connectivity index (χ3v) is 4.72. The molecule has 0 saturated heterocycles. The molecule has 0 saturated carbocycles. The van der Waals surface area contributed by atoms with Crippen LogP contribution < -0.4 is 4.90 Å². The van der Waals surface area contributed by atoms with Crippen molar-refractivity contribution < 1.29 is 23.1 Å². The normalized spacial score (nSPS) is 10.9. The summed E-state index contributed by atoms with van der Waals surface area (Å²) in [5.41, 5.74) is 4.21. The lowest BCUT2D eigenvalue weighted by Gasteiger charge is -2.20. The first kappa shape index (κ1) is 19.6. The first-order valence-corrected chi connectivity index (χ1v) is 9.08. The lowest BCUT2D eigenvalue weighted by molar-refractivity contribution is -0.147. The molecule has 0 atom stereocenters. The lowest BCUT2D eigenvalue weighted by Crippen LogP contribution is -2.34. The lowest BCUT2D eigenvalue weighted by atomic mass is 10.0. The molecule has 2 aromatic carbocycles. The number of hydrogen-bond donors (Lipinski definition) is 0. The number of carbonyl (C=O) groups is 2. The van der Waals surface area contributed by atoms with Gasteiger partial charge in [-0.15, -0.1) is 0 Å². The fourth-order valence-electron chi connectivity index (χ4n) is 3.02. The number of rotatable bonds is 6. The van der Waals surface area contributed by atoms with Crippen LogP contribution in [0.4, 0.5) is 10.1 Å². The van der Waals surface area contributed by atoms with E-state index in [1.807, 2.05) is 26.0 Å². The minimum atomic E-state index is -0.510. The van der Waals surface area contributed by atoms with Gasteiger partial charge < -0.3 is 14.1 Å². The Balaban J connectivity index is 1.63. The average Bonchev–Trinajstić information content (AvgIpc) is 3.04. The zero-order chi connectivity index (χ0) is 20.3. The van der Waals surface area contributed by atoms with E-state index >= 15 is 0 Å². The highest BCUT2D eigenvalue weighted by Crippen LogP contribution is 2.25. The van der Waals surface area contributed by atoms with Gasteiger partial charge in [-0.2, -0.15) is 0 Å². The predicted molar refractivity (Wildman–Crippen MR) is 105 cm³/mol. The van der Waals surface area contributed by atoms with Crippen molar-refractivity contribution in [3.63, 3.8) is 0 Å². The summed E-state index contributed by atoms with van der Waals surface area (Å²) in [5.74, 6) is -1.26. The van der Waals surface area contributed by atoms with E-state index < -0.39 is 5.97 Å². The fourth-order valence-corrected chi connectivity index (χ4v) is 3.02. The van der Waals surface area contributed by atoms with Crippen LogP contribution >= 0.6 is 0 Å². The van der Waals surface area contributed by atoms with Gasteiger partial charge in [-0.1, -0.05) is 0 Å². The molecule has 1 aromatic heterocycles. The van der Waals surface area contributed by atoms with Gasteiger partial charge in [0.2, 0.25) is 0 Å². The van der Waals surface area contributed by atoms with Crippen molar-refractivity contribution in [2.45, 2.75) is 27.2 Å². The Morgan fingerprint density at radius 2 is 1.79 bits per heavy atom. The summed E-state index contributed by atoms with van der Waals surface area (Å²) < 4.78 is 23.8. The molecule has 0 unspecified atom stereocenters. The van der Waals surface area contributed by atoms with Gasteiger partial charge in [0.25, 0.3) is 5.91 Å². The van der Waals surface area contributed by atoms with Crippen LogP contribution in [0.15, 0.2) is 47.1 Å². The van der Waals surface area contributed by atoms with E-state index in [1.54, 1.807) is 13.2 Å². The predicted octanol–water partition coefficient (Wildman–Crippen LogP) is 4.33. The molecular weight excluding hydrogens is 361 g/mol. The number of aryl methyl sites for hydroxylation is 2. The molecule has 3 aromatic rings. The molecule has 0 fully saturated rings. The smallest absolute Gasteiger partial charge is 0.310 e. The summed E-state index contributed by atoms with van der Waals surface area (Å²) in [6, 6.07) is 9.51. The maximum absolute atomic E-state index is 13.1. The third kappa shape index (κ3) is 4.22. The van der Waals surface area contributed by atoms with Gasteiger partial charge in [-0.3, -0.25) is 9.59 Å². The summed E-state index contributed by atoms with van der Waals surface area (Å²) in [4.78, 5) is 26.1. The fraction of sp³-hybridized carbons (Fsp3) is 0.273. The van der Waals surface area contributed by atoms with Crippen LogP contribution in [0.1, 0.15) is 23.6 Å². The van der Waals surface area contributed by atoms with Crippen LogP contribution in [0.5, 0.6) is 0 Å². The van der Waals surface area contributed by atoms with Crippen LogP contribution in [0.3, 0.4) is 0 Å². The van der Waals surface area contributed by atoms with Crippen LogP contribution in [-0.2, 0) is 20.7 Å². The summed E-state index contributed by atoms with van der Waals surface area (Å²) >= 11 is 0. The second-order valence-corrected chi connectivity index (χ2v) is 6.65. The maximum Gasteiger partial charge on any atom is 0.310 e. The van der Waals surface area contributed by atoms with Gasteiger partial charge in [-0.05, 0) is 68.3 Å². The molecule has 146 valence electrons. The zero-order valence-electron chi connectivity index (χ0n) is 16.1. The number of anilines is 1. The van der Waals surface area contributed by atoms with Gasteiger partial charge >= 0.3 is 5.97 Å². The van der Waals surface area contributed by atoms with E-state index in [4.69, 9.17) is 9.15 Å². The molecular formula is C22H22FNO4. The molecule has 0 bridgehead atoms. The SMILES string of the molecule is CCN(C(=O)COC(=O)Cc1coc2cc(C)c(C)cc12)c1ccc(F)cc1. The molecule has 0 radical (unpaired) electrons. The van der Waals surface area contributed by atoms with Crippen molar-refractivity contribution in [3.05, 3.63) is 65.2 Å². The monoisotopic (exact) mass is 383 g/mol. The van der Waals surface area contributed by atoms with E-state index in [2.05, 4.69) is 0 Å². The molecule has 6 heteroatoms. The Morgan fingerprint density at radius 3 is 2.46 bits per heavy atom. The standard InChI is InChI=1S/C22H22FNO4/c1-4-24(18-7-5-17(23)6-8-18)21(25)13-28-22(26)11-16-12-27-20-10-15(3)14(2)9-19(16)20/h5-10,12H,4,11,13H2,1-3H3. The molecule has 0 aliphatic heterocycles. The van der Waals surface area contributed by atoms with Gasteiger partial charge in [0.1, 0.15) is 11.4 Å². The number of halogens is 1. The molecule has 0 N–H and O–H groups in total. The van der Waals surface area contributed by atoms with Crippen molar-refractivity contribution >= 4 is 28.5 Å². The molecule has 0 aliphatic carbocycles. The van der Waals surface area contributed by atoms with E-state index in [0.717, 1.165) is 27.7 Å². The van der Waals surface area contributed by atoms with E-state index in [-0.39, 0.29) is 24.8 Å². The van der Waals surface area contributed by atoms with Crippen molar-refractivity contribution in [2.75, 3.05) is 18.1 Å². The number of likely N-dealkylation sites (N-methyl/N-ethyl adjacent to an activating group) is 1. The largest absolute Gasteiger partial charge is 0.464 e. The van der Waals surface area contributed by atoms with E-state index in [0.29, 0.717) is 12.2 Å². The topological polar surface area (TPSA) is 59.8 Å². The summed E-state index contributed by atoms with van der Waals surface area (Å²) in [5, 5.41) is 0.868. The Bertz CT molecular complexity index is 1010. The van der Waals surface area contributed by atoms with Crippen LogP contribution in [0.2, 0.25) is 0 Å². The Hall–Kier alpha value is -3.15. The maximum atomic E-state index is 13.1. The molecule has 5 nitrogen and oxygen atoms in total. The molecule has 3 rings (SSSR count). The minimum absolute atomic E-state index is 0.0193. The first-order chi connectivity index (χ1) is 13.4. The highest BCUT2D eigenvalue weighted by molar-refractivity contribution is 5.95. The third-order valence-electron chi connectivity index (χ3n) is 4.72. The van der Waals surface area contributed by atoms with Crippen LogP contribution in [0.25, 0.3) is 11.0 Å². The van der Waals surface area contributed by atoms with Gasteiger partial charge in [0, 0.05) is 23.2 Å². The number of ether oxygens (including phenoxy) is 1. The van der Waals surface area contributed by atoms with Crippen LogP contribution in [-0.4, -0.2) is 25.0 Å². The molecule has 0 spiro atoms. The van der Waals surface area contributed by atoms with Gasteiger partial charge in [-0.25, -0.2) is 4.39 Å². The second-order valence-electron chi connectivity index (χ2n) is 6.65. The molecule has 1 heterocycles. The minimum Gasteiger partial charge on any atom is -0.464 e. The van der Waals surface area contributed by atoms with Gasteiger partial charge in [0.15, 0.2) is 6.61 Å². The van der Waals surface area contributed by atoms with Crippen molar-refractivity contribution in [2.24, 2.45) is 0 Å². The summed E-state index contributed by atoms with van der Waals surface area (Å²) in [6.07, 6.45) is 1.56. The quantitative estimate of drug-likeness (QED) is 0.595. The molecule has 1 amide bonds. The number of carbonyl (C=O) groups excluding carboxylic acids is 2.